The maximum absolute atomic E-state index is 11.1. The summed E-state index contributed by atoms with van der Waals surface area (Å²) in [5, 5.41) is 13.0. The first-order valence-electron chi connectivity index (χ1n) is 4.83. The number of hydrogen-bond acceptors (Lipinski definition) is 4. The first-order chi connectivity index (χ1) is 7.74. The van der Waals surface area contributed by atoms with E-state index in [9.17, 15) is 4.79 Å². The van der Waals surface area contributed by atoms with Gasteiger partial charge in [0.05, 0.1) is 11.3 Å². The van der Waals surface area contributed by atoms with Crippen molar-refractivity contribution < 1.29 is 14.7 Å². The van der Waals surface area contributed by atoms with Crippen molar-refractivity contribution in [2.24, 2.45) is 5.16 Å². The number of rotatable bonds is 2. The molecule has 1 aliphatic heterocycles. The van der Waals surface area contributed by atoms with E-state index in [0.717, 1.165) is 28.3 Å². The fourth-order valence-corrected chi connectivity index (χ4v) is 2.83. The van der Waals surface area contributed by atoms with E-state index in [-0.39, 0.29) is 0 Å². The number of carbonyl (C=O) groups is 1. The van der Waals surface area contributed by atoms with Crippen molar-refractivity contribution in [3.8, 4) is 0 Å². The Kier molecular flexibility index (Phi) is 3.14. The number of carboxylic acid groups (broad SMARTS) is 1. The average Bonchev–Trinajstić information content (AvgIpc) is 2.29. The zero-order chi connectivity index (χ0) is 11.5. The van der Waals surface area contributed by atoms with Gasteiger partial charge in [0.25, 0.3) is 0 Å². The number of aromatic carboxylic acids is 1. The molecule has 0 unspecified atom stereocenters. The molecule has 0 aliphatic carbocycles. The maximum atomic E-state index is 11.1. The minimum atomic E-state index is -0.900. The number of thioether (sulfide) groups is 1. The van der Waals surface area contributed by atoms with Crippen LogP contribution in [0.25, 0.3) is 0 Å². The van der Waals surface area contributed by atoms with Gasteiger partial charge in [0, 0.05) is 22.6 Å². The summed E-state index contributed by atoms with van der Waals surface area (Å²) >= 11 is 1.56. The maximum Gasteiger partial charge on any atom is 0.336 e. The van der Waals surface area contributed by atoms with E-state index in [2.05, 4.69) is 5.16 Å². The molecule has 0 saturated carbocycles. The van der Waals surface area contributed by atoms with Gasteiger partial charge in [-0.05, 0) is 6.07 Å². The molecule has 0 saturated heterocycles. The Labute approximate surface area is 97.3 Å². The Morgan fingerprint density at radius 3 is 3.06 bits per heavy atom. The molecule has 4 nitrogen and oxygen atoms in total. The highest BCUT2D eigenvalue weighted by atomic mass is 32.2. The van der Waals surface area contributed by atoms with E-state index in [1.54, 1.807) is 23.9 Å². The first-order valence-corrected chi connectivity index (χ1v) is 5.82. The highest BCUT2D eigenvalue weighted by Gasteiger charge is 2.21. The second-order valence-electron chi connectivity index (χ2n) is 3.31. The van der Waals surface area contributed by atoms with Crippen LogP contribution < -0.4 is 0 Å². The summed E-state index contributed by atoms with van der Waals surface area (Å²) in [4.78, 5) is 16.6. The number of nitrogens with zero attached hydrogens (tertiary/aromatic N) is 1. The molecule has 0 spiro atoms. The molecule has 0 aromatic heterocycles. The second kappa shape index (κ2) is 4.57. The van der Waals surface area contributed by atoms with Crippen LogP contribution >= 0.6 is 11.8 Å². The predicted molar refractivity (Wildman–Crippen MR) is 62.3 cm³/mol. The summed E-state index contributed by atoms with van der Waals surface area (Å²) in [5.74, 6) is -0.0672. The third kappa shape index (κ3) is 1.90. The molecule has 1 heterocycles. The van der Waals surface area contributed by atoms with Gasteiger partial charge in [-0.25, -0.2) is 4.79 Å². The van der Waals surface area contributed by atoms with Crippen LogP contribution in [0.15, 0.2) is 28.3 Å². The van der Waals surface area contributed by atoms with Crippen LogP contribution in [0.5, 0.6) is 0 Å². The molecule has 16 heavy (non-hydrogen) atoms. The molecule has 0 bridgehead atoms. The number of benzene rings is 1. The summed E-state index contributed by atoms with van der Waals surface area (Å²) in [7, 11) is 1.50. The van der Waals surface area contributed by atoms with Crippen molar-refractivity contribution in [1.82, 2.24) is 0 Å². The van der Waals surface area contributed by atoms with Crippen molar-refractivity contribution in [2.45, 2.75) is 11.3 Å². The van der Waals surface area contributed by atoms with E-state index in [4.69, 9.17) is 9.94 Å². The Morgan fingerprint density at radius 2 is 2.38 bits per heavy atom. The van der Waals surface area contributed by atoms with Gasteiger partial charge in [0.2, 0.25) is 0 Å². The van der Waals surface area contributed by atoms with Gasteiger partial charge in [0.1, 0.15) is 7.11 Å². The first kappa shape index (κ1) is 11.0. The quantitative estimate of drug-likeness (QED) is 0.801. The molecule has 5 heteroatoms. The lowest BCUT2D eigenvalue weighted by molar-refractivity contribution is 0.0693. The van der Waals surface area contributed by atoms with Gasteiger partial charge in [-0.2, -0.15) is 0 Å². The fourth-order valence-electron chi connectivity index (χ4n) is 1.68. The lowest BCUT2D eigenvalue weighted by Gasteiger charge is -2.18. The van der Waals surface area contributed by atoms with Crippen molar-refractivity contribution in [3.63, 3.8) is 0 Å². The van der Waals surface area contributed by atoms with E-state index in [1.165, 1.54) is 7.11 Å². The average molecular weight is 237 g/mol. The number of oxime groups is 1. The minimum absolute atomic E-state index is 0.339. The molecular weight excluding hydrogens is 226 g/mol. The summed E-state index contributed by atoms with van der Waals surface area (Å²) in [6.45, 7) is 0. The van der Waals surface area contributed by atoms with Gasteiger partial charge < -0.3 is 9.94 Å². The standard InChI is InChI=1S/C11H11NO3S/c1-15-12-9-5-6-16-10-7(9)3-2-4-8(10)11(13)14/h2-4H,5-6H2,1H3,(H,13,14). The summed E-state index contributed by atoms with van der Waals surface area (Å²) < 4.78 is 0. The third-order valence-corrected chi connectivity index (χ3v) is 3.48. The SMILES string of the molecule is CON=C1CCSc2c(C(=O)O)cccc21. The molecule has 1 aliphatic rings. The monoisotopic (exact) mass is 237 g/mol. The Balaban J connectivity index is 2.55. The Hall–Kier alpha value is -1.49. The molecular formula is C11H11NO3S. The Morgan fingerprint density at radius 1 is 1.56 bits per heavy atom. The van der Waals surface area contributed by atoms with Crippen LogP contribution in [0.2, 0.25) is 0 Å². The molecule has 1 aromatic rings. The zero-order valence-electron chi connectivity index (χ0n) is 8.77. The molecule has 0 fully saturated rings. The molecule has 0 radical (unpaired) electrons. The van der Waals surface area contributed by atoms with Gasteiger partial charge in [-0.1, -0.05) is 17.3 Å². The largest absolute Gasteiger partial charge is 0.478 e. The lowest BCUT2D eigenvalue weighted by atomic mass is 10.0. The molecule has 1 N–H and O–H groups in total. The van der Waals surface area contributed by atoms with E-state index in [0.29, 0.717) is 5.56 Å². The second-order valence-corrected chi connectivity index (χ2v) is 4.41. The molecule has 0 atom stereocenters. The molecule has 0 amide bonds. The normalized spacial score (nSPS) is 16.9. The van der Waals surface area contributed by atoms with Crippen molar-refractivity contribution in [1.29, 1.82) is 0 Å². The highest BCUT2D eigenvalue weighted by molar-refractivity contribution is 7.99. The van der Waals surface area contributed by atoms with Crippen LogP contribution in [0.4, 0.5) is 0 Å². The zero-order valence-corrected chi connectivity index (χ0v) is 9.58. The van der Waals surface area contributed by atoms with Crippen molar-refractivity contribution in [2.75, 3.05) is 12.9 Å². The fraction of sp³-hybridized carbons (Fsp3) is 0.273. The number of hydrogen-bond donors (Lipinski definition) is 1. The third-order valence-electron chi connectivity index (χ3n) is 2.34. The molecule has 84 valence electrons. The predicted octanol–water partition coefficient (Wildman–Crippen LogP) is 2.23. The van der Waals surface area contributed by atoms with Crippen LogP contribution in [0.1, 0.15) is 22.3 Å². The Bertz CT molecular complexity index is 457. The van der Waals surface area contributed by atoms with Crippen molar-refractivity contribution in [3.05, 3.63) is 29.3 Å². The summed E-state index contributed by atoms with van der Waals surface area (Å²) in [6.07, 6.45) is 0.800. The highest BCUT2D eigenvalue weighted by Crippen LogP contribution is 2.33. The summed E-state index contributed by atoms with van der Waals surface area (Å²) in [5.41, 5.74) is 2.03. The topological polar surface area (TPSA) is 58.9 Å². The molecule has 1 aromatic carbocycles. The minimum Gasteiger partial charge on any atom is -0.478 e. The van der Waals surface area contributed by atoms with Gasteiger partial charge in [-0.15, -0.1) is 11.8 Å². The van der Waals surface area contributed by atoms with Crippen LogP contribution in [0, 0.1) is 0 Å². The number of fused-ring (bicyclic) bond motifs is 1. The molecule has 2 rings (SSSR count). The number of carboxylic acids is 1. The summed E-state index contributed by atoms with van der Waals surface area (Å²) in [6, 6.07) is 5.23. The van der Waals surface area contributed by atoms with E-state index in [1.807, 2.05) is 6.07 Å². The van der Waals surface area contributed by atoms with Crippen molar-refractivity contribution >= 4 is 23.4 Å². The van der Waals surface area contributed by atoms with E-state index >= 15 is 0 Å². The van der Waals surface area contributed by atoms with E-state index < -0.39 is 5.97 Å². The van der Waals surface area contributed by atoms with Gasteiger partial charge >= 0.3 is 5.97 Å². The van der Waals surface area contributed by atoms with Gasteiger partial charge in [-0.3, -0.25) is 0 Å². The van der Waals surface area contributed by atoms with Gasteiger partial charge in [0.15, 0.2) is 0 Å². The van der Waals surface area contributed by atoms with Crippen LogP contribution in [-0.4, -0.2) is 29.7 Å². The smallest absolute Gasteiger partial charge is 0.336 e. The van der Waals surface area contributed by atoms with Crippen LogP contribution in [-0.2, 0) is 4.84 Å². The van der Waals surface area contributed by atoms with Crippen LogP contribution in [0.3, 0.4) is 0 Å². The lowest BCUT2D eigenvalue weighted by Crippen LogP contribution is -2.13.